The standard InChI is InChI=1S/C19H22N4O3/c1-12(2)19(24)22-14-5-3-13(4-6-14)11-21-18-15-9-10-20-16(15)7-8-17(18)23(25)26/h3-8,12,20-21H,9-11H2,1-2H3,(H,22,24). The maximum Gasteiger partial charge on any atom is 0.292 e. The third-order valence-electron chi connectivity index (χ3n) is 4.39. The number of nitrogens with zero attached hydrogens (tertiary/aromatic N) is 1. The lowest BCUT2D eigenvalue weighted by Crippen LogP contribution is -2.17. The predicted molar refractivity (Wildman–Crippen MR) is 103 cm³/mol. The minimum atomic E-state index is -0.356. The van der Waals surface area contributed by atoms with E-state index in [0.717, 1.165) is 35.5 Å². The highest BCUT2D eigenvalue weighted by Crippen LogP contribution is 2.37. The summed E-state index contributed by atoms with van der Waals surface area (Å²) in [5.41, 5.74) is 4.29. The number of carbonyl (C=O) groups excluding carboxylic acids is 1. The zero-order valence-electron chi connectivity index (χ0n) is 14.8. The van der Waals surface area contributed by atoms with Crippen LogP contribution in [0.25, 0.3) is 0 Å². The van der Waals surface area contributed by atoms with Gasteiger partial charge in [-0.1, -0.05) is 26.0 Å². The first-order valence-corrected chi connectivity index (χ1v) is 8.63. The molecule has 0 aromatic heterocycles. The zero-order valence-corrected chi connectivity index (χ0v) is 14.8. The summed E-state index contributed by atoms with van der Waals surface area (Å²) in [5.74, 6) is -0.107. The first kappa shape index (κ1) is 17.7. The Bertz CT molecular complexity index is 831. The molecule has 7 heteroatoms. The van der Waals surface area contributed by atoms with Crippen LogP contribution in [0.15, 0.2) is 36.4 Å². The summed E-state index contributed by atoms with van der Waals surface area (Å²) >= 11 is 0. The van der Waals surface area contributed by atoms with Crippen LogP contribution in [0.4, 0.5) is 22.7 Å². The van der Waals surface area contributed by atoms with Crippen molar-refractivity contribution < 1.29 is 9.72 Å². The molecule has 0 saturated carbocycles. The summed E-state index contributed by atoms with van der Waals surface area (Å²) in [4.78, 5) is 22.7. The number of nitrogens with one attached hydrogen (secondary N) is 3. The third kappa shape index (κ3) is 3.77. The molecule has 0 radical (unpaired) electrons. The van der Waals surface area contributed by atoms with E-state index < -0.39 is 0 Å². The van der Waals surface area contributed by atoms with Crippen LogP contribution < -0.4 is 16.0 Å². The number of amides is 1. The number of fused-ring (bicyclic) bond motifs is 1. The van der Waals surface area contributed by atoms with Gasteiger partial charge in [-0.2, -0.15) is 0 Å². The van der Waals surface area contributed by atoms with Crippen LogP contribution in [0.1, 0.15) is 25.0 Å². The number of nitro groups is 1. The molecule has 0 saturated heterocycles. The number of rotatable bonds is 6. The molecule has 3 rings (SSSR count). The van der Waals surface area contributed by atoms with Crippen LogP contribution >= 0.6 is 0 Å². The molecular formula is C19H22N4O3. The minimum absolute atomic E-state index is 0.0288. The summed E-state index contributed by atoms with van der Waals surface area (Å²) in [6.07, 6.45) is 0.763. The smallest absolute Gasteiger partial charge is 0.292 e. The average molecular weight is 354 g/mol. The Labute approximate surface area is 152 Å². The lowest BCUT2D eigenvalue weighted by Gasteiger charge is -2.12. The van der Waals surface area contributed by atoms with Crippen molar-refractivity contribution in [2.24, 2.45) is 5.92 Å². The highest BCUT2D eigenvalue weighted by molar-refractivity contribution is 5.92. The summed E-state index contributed by atoms with van der Waals surface area (Å²) in [6.45, 7) is 4.94. The van der Waals surface area contributed by atoms with Crippen LogP contribution in [-0.4, -0.2) is 17.4 Å². The fraction of sp³-hybridized carbons (Fsp3) is 0.316. The summed E-state index contributed by atoms with van der Waals surface area (Å²) in [5, 5.41) is 20.6. The lowest BCUT2D eigenvalue weighted by atomic mass is 10.1. The molecule has 2 aromatic rings. The van der Waals surface area contributed by atoms with Crippen molar-refractivity contribution in [3.8, 4) is 0 Å². The SMILES string of the molecule is CC(C)C(=O)Nc1ccc(CNc2c([N+](=O)[O-])ccc3c2CCN3)cc1. The van der Waals surface area contributed by atoms with E-state index in [1.54, 1.807) is 6.07 Å². The van der Waals surface area contributed by atoms with Crippen LogP contribution in [0.5, 0.6) is 0 Å². The maximum absolute atomic E-state index is 11.7. The fourth-order valence-electron chi connectivity index (χ4n) is 2.92. The van der Waals surface area contributed by atoms with E-state index in [1.165, 1.54) is 6.07 Å². The zero-order chi connectivity index (χ0) is 18.7. The molecule has 1 aliphatic rings. The molecule has 1 heterocycles. The van der Waals surface area contributed by atoms with E-state index in [1.807, 2.05) is 38.1 Å². The number of carbonyl (C=O) groups is 1. The van der Waals surface area contributed by atoms with Crippen molar-refractivity contribution in [1.82, 2.24) is 0 Å². The van der Waals surface area contributed by atoms with Crippen molar-refractivity contribution >= 4 is 28.7 Å². The first-order chi connectivity index (χ1) is 12.5. The van der Waals surface area contributed by atoms with Gasteiger partial charge in [0.1, 0.15) is 5.69 Å². The second-order valence-electron chi connectivity index (χ2n) is 6.61. The van der Waals surface area contributed by atoms with Crippen LogP contribution in [-0.2, 0) is 17.8 Å². The van der Waals surface area contributed by atoms with E-state index in [9.17, 15) is 14.9 Å². The molecule has 7 nitrogen and oxygen atoms in total. The second kappa shape index (κ2) is 7.43. The molecule has 2 aromatic carbocycles. The summed E-state index contributed by atoms with van der Waals surface area (Å²) < 4.78 is 0. The van der Waals surface area contributed by atoms with E-state index in [0.29, 0.717) is 12.2 Å². The van der Waals surface area contributed by atoms with E-state index in [-0.39, 0.29) is 22.4 Å². The van der Waals surface area contributed by atoms with Gasteiger partial charge in [0.2, 0.25) is 5.91 Å². The lowest BCUT2D eigenvalue weighted by molar-refractivity contribution is -0.384. The molecule has 0 aliphatic carbocycles. The molecule has 1 aliphatic heterocycles. The third-order valence-corrected chi connectivity index (χ3v) is 4.39. The predicted octanol–water partition coefficient (Wildman–Crippen LogP) is 3.77. The Morgan fingerprint density at radius 1 is 1.23 bits per heavy atom. The van der Waals surface area contributed by atoms with Crippen molar-refractivity contribution in [2.45, 2.75) is 26.8 Å². The number of nitro benzene ring substituents is 1. The van der Waals surface area contributed by atoms with Crippen LogP contribution in [0.2, 0.25) is 0 Å². The first-order valence-electron chi connectivity index (χ1n) is 8.63. The van der Waals surface area contributed by atoms with Crippen molar-refractivity contribution in [3.63, 3.8) is 0 Å². The fourth-order valence-corrected chi connectivity index (χ4v) is 2.92. The van der Waals surface area contributed by atoms with Crippen molar-refractivity contribution in [3.05, 3.63) is 57.6 Å². The topological polar surface area (TPSA) is 96.3 Å². The summed E-state index contributed by atoms with van der Waals surface area (Å²) in [6, 6.07) is 10.8. The van der Waals surface area contributed by atoms with Gasteiger partial charge >= 0.3 is 0 Å². The Balaban J connectivity index is 1.73. The number of hydrogen-bond acceptors (Lipinski definition) is 5. The van der Waals surface area contributed by atoms with Crippen LogP contribution in [0.3, 0.4) is 0 Å². The van der Waals surface area contributed by atoms with E-state index in [2.05, 4.69) is 16.0 Å². The molecular weight excluding hydrogens is 332 g/mol. The molecule has 0 bridgehead atoms. The molecule has 26 heavy (non-hydrogen) atoms. The normalized spacial score (nSPS) is 12.4. The Kier molecular flexibility index (Phi) is 5.06. The van der Waals surface area contributed by atoms with E-state index in [4.69, 9.17) is 0 Å². The Morgan fingerprint density at radius 2 is 1.96 bits per heavy atom. The number of hydrogen-bond donors (Lipinski definition) is 3. The van der Waals surface area contributed by atoms with Gasteiger partial charge in [-0.3, -0.25) is 14.9 Å². The largest absolute Gasteiger partial charge is 0.384 e. The molecule has 0 spiro atoms. The number of anilines is 3. The second-order valence-corrected chi connectivity index (χ2v) is 6.61. The van der Waals surface area contributed by atoms with Gasteiger partial charge in [0.15, 0.2) is 0 Å². The maximum atomic E-state index is 11.7. The molecule has 1 amide bonds. The van der Waals surface area contributed by atoms with Gasteiger partial charge in [-0.25, -0.2) is 0 Å². The highest BCUT2D eigenvalue weighted by Gasteiger charge is 2.23. The minimum Gasteiger partial charge on any atom is -0.384 e. The number of benzene rings is 2. The van der Waals surface area contributed by atoms with Gasteiger partial charge in [-0.15, -0.1) is 0 Å². The Hall–Kier alpha value is -3.09. The molecule has 0 unspecified atom stereocenters. The molecule has 136 valence electrons. The monoisotopic (exact) mass is 354 g/mol. The average Bonchev–Trinajstić information content (AvgIpc) is 3.09. The summed E-state index contributed by atoms with van der Waals surface area (Å²) in [7, 11) is 0. The Morgan fingerprint density at radius 3 is 2.62 bits per heavy atom. The van der Waals surface area contributed by atoms with Crippen molar-refractivity contribution in [1.29, 1.82) is 0 Å². The van der Waals surface area contributed by atoms with E-state index >= 15 is 0 Å². The molecule has 3 N–H and O–H groups in total. The molecule has 0 fully saturated rings. The van der Waals surface area contributed by atoms with Gasteiger partial charge < -0.3 is 16.0 Å². The van der Waals surface area contributed by atoms with Gasteiger partial charge in [0, 0.05) is 42.0 Å². The van der Waals surface area contributed by atoms with Crippen molar-refractivity contribution in [2.75, 3.05) is 22.5 Å². The van der Waals surface area contributed by atoms with Gasteiger partial charge in [0.25, 0.3) is 5.69 Å². The van der Waals surface area contributed by atoms with Gasteiger partial charge in [0.05, 0.1) is 4.92 Å². The highest BCUT2D eigenvalue weighted by atomic mass is 16.6. The van der Waals surface area contributed by atoms with Crippen LogP contribution in [0, 0.1) is 16.0 Å². The molecule has 0 atom stereocenters. The van der Waals surface area contributed by atoms with Gasteiger partial charge in [-0.05, 0) is 30.2 Å². The quantitative estimate of drug-likeness (QED) is 0.542.